The molecule has 0 aliphatic carbocycles. The Labute approximate surface area is 104 Å². The number of nitrogens with zero attached hydrogens (tertiary/aromatic N) is 2. The van der Waals surface area contributed by atoms with Gasteiger partial charge in [-0.15, -0.1) is 0 Å². The van der Waals surface area contributed by atoms with Gasteiger partial charge >= 0.3 is 0 Å². The maximum atomic E-state index is 5.32. The van der Waals surface area contributed by atoms with Crippen LogP contribution in [0.25, 0.3) is 0 Å². The van der Waals surface area contributed by atoms with E-state index >= 15 is 0 Å². The van der Waals surface area contributed by atoms with Crippen LogP contribution in [0.15, 0.2) is 30.5 Å². The summed E-state index contributed by atoms with van der Waals surface area (Å²) in [6, 6.07) is 8.61. The standard InChI is InChI=1S/C12H14N4S/c13-15-12-14-5-11(17-12)8-16-6-9-3-1-2-4-10(9)7-16/h1-5H,6-8,13H2,(H,14,15). The van der Waals surface area contributed by atoms with Crippen molar-refractivity contribution >= 4 is 16.5 Å². The van der Waals surface area contributed by atoms with Crippen molar-refractivity contribution in [1.82, 2.24) is 9.88 Å². The zero-order chi connectivity index (χ0) is 11.7. The summed E-state index contributed by atoms with van der Waals surface area (Å²) in [5, 5.41) is 0.775. The van der Waals surface area contributed by atoms with E-state index in [0.29, 0.717) is 0 Å². The number of aromatic nitrogens is 1. The van der Waals surface area contributed by atoms with Gasteiger partial charge in [0.05, 0.1) is 0 Å². The monoisotopic (exact) mass is 246 g/mol. The highest BCUT2D eigenvalue weighted by molar-refractivity contribution is 7.15. The van der Waals surface area contributed by atoms with Crippen LogP contribution in [-0.4, -0.2) is 9.88 Å². The first-order chi connectivity index (χ1) is 8.35. The van der Waals surface area contributed by atoms with Gasteiger partial charge in [0.1, 0.15) is 0 Å². The number of anilines is 1. The van der Waals surface area contributed by atoms with Crippen molar-refractivity contribution in [3.8, 4) is 0 Å². The SMILES string of the molecule is NNc1ncc(CN2Cc3ccccc3C2)s1. The fourth-order valence-corrected chi connectivity index (χ4v) is 2.95. The van der Waals surface area contributed by atoms with Gasteiger partial charge in [0.15, 0.2) is 5.13 Å². The van der Waals surface area contributed by atoms with E-state index in [9.17, 15) is 0 Å². The number of hydrogen-bond donors (Lipinski definition) is 2. The largest absolute Gasteiger partial charge is 0.300 e. The van der Waals surface area contributed by atoms with E-state index in [1.54, 1.807) is 11.3 Å². The first kappa shape index (κ1) is 10.7. The number of rotatable bonds is 3. The summed E-state index contributed by atoms with van der Waals surface area (Å²) in [4.78, 5) is 7.84. The molecule has 0 saturated carbocycles. The molecule has 1 aromatic heterocycles. The highest BCUT2D eigenvalue weighted by atomic mass is 32.1. The average molecular weight is 246 g/mol. The van der Waals surface area contributed by atoms with Crippen LogP contribution in [0.3, 0.4) is 0 Å². The number of thiazole rings is 1. The summed E-state index contributed by atoms with van der Waals surface area (Å²) >= 11 is 1.61. The molecule has 0 bridgehead atoms. The highest BCUT2D eigenvalue weighted by Crippen LogP contribution is 2.26. The van der Waals surface area contributed by atoms with Gasteiger partial charge in [0.25, 0.3) is 0 Å². The van der Waals surface area contributed by atoms with Crippen molar-refractivity contribution < 1.29 is 0 Å². The molecular formula is C12H14N4S. The van der Waals surface area contributed by atoms with E-state index in [1.807, 2.05) is 6.20 Å². The van der Waals surface area contributed by atoms with Gasteiger partial charge < -0.3 is 0 Å². The van der Waals surface area contributed by atoms with Gasteiger partial charge in [-0.1, -0.05) is 35.6 Å². The number of fused-ring (bicyclic) bond motifs is 1. The van der Waals surface area contributed by atoms with E-state index in [2.05, 4.69) is 39.6 Å². The van der Waals surface area contributed by atoms with Gasteiger partial charge in [-0.3, -0.25) is 10.3 Å². The lowest BCUT2D eigenvalue weighted by atomic mass is 10.1. The molecule has 0 atom stereocenters. The summed E-state index contributed by atoms with van der Waals surface area (Å²) in [5.41, 5.74) is 5.46. The van der Waals surface area contributed by atoms with Gasteiger partial charge in [-0.25, -0.2) is 10.8 Å². The zero-order valence-electron chi connectivity index (χ0n) is 9.39. The van der Waals surface area contributed by atoms with E-state index in [0.717, 1.165) is 24.8 Å². The minimum absolute atomic E-state index is 0.775. The molecule has 0 spiro atoms. The van der Waals surface area contributed by atoms with Crippen molar-refractivity contribution in [1.29, 1.82) is 0 Å². The minimum atomic E-state index is 0.775. The number of hydrazine groups is 1. The number of hydrogen-bond acceptors (Lipinski definition) is 5. The Kier molecular flexibility index (Phi) is 2.80. The second kappa shape index (κ2) is 4.44. The average Bonchev–Trinajstić information content (AvgIpc) is 2.94. The van der Waals surface area contributed by atoms with Crippen LogP contribution in [0.2, 0.25) is 0 Å². The molecule has 17 heavy (non-hydrogen) atoms. The van der Waals surface area contributed by atoms with Crippen molar-refractivity contribution in [2.45, 2.75) is 19.6 Å². The molecule has 0 unspecified atom stereocenters. The number of benzene rings is 1. The van der Waals surface area contributed by atoms with Crippen LogP contribution in [0, 0.1) is 0 Å². The molecule has 0 fully saturated rings. The minimum Gasteiger partial charge on any atom is -0.300 e. The molecule has 3 rings (SSSR count). The lowest BCUT2D eigenvalue weighted by molar-refractivity contribution is 0.278. The van der Waals surface area contributed by atoms with E-state index in [-0.39, 0.29) is 0 Å². The van der Waals surface area contributed by atoms with Crippen LogP contribution in [0.1, 0.15) is 16.0 Å². The van der Waals surface area contributed by atoms with Crippen LogP contribution < -0.4 is 11.3 Å². The first-order valence-corrected chi connectivity index (χ1v) is 6.37. The quantitative estimate of drug-likeness (QED) is 0.642. The summed E-state index contributed by atoms with van der Waals surface area (Å²) in [5.74, 6) is 5.32. The Hall–Kier alpha value is -1.43. The van der Waals surface area contributed by atoms with Crippen LogP contribution >= 0.6 is 11.3 Å². The fraction of sp³-hybridized carbons (Fsp3) is 0.250. The Bertz CT molecular complexity index is 498. The molecule has 0 radical (unpaired) electrons. The number of nitrogens with two attached hydrogens (primary N) is 1. The molecule has 2 aromatic rings. The lowest BCUT2D eigenvalue weighted by Crippen LogP contribution is -2.14. The topological polar surface area (TPSA) is 54.2 Å². The van der Waals surface area contributed by atoms with Crippen LogP contribution in [-0.2, 0) is 19.6 Å². The Balaban J connectivity index is 1.69. The Morgan fingerprint density at radius 3 is 2.59 bits per heavy atom. The summed E-state index contributed by atoms with van der Waals surface area (Å²) in [7, 11) is 0. The predicted molar refractivity (Wildman–Crippen MR) is 69.3 cm³/mol. The molecule has 4 nitrogen and oxygen atoms in total. The molecule has 0 amide bonds. The fourth-order valence-electron chi connectivity index (χ4n) is 2.18. The maximum absolute atomic E-state index is 5.32. The first-order valence-electron chi connectivity index (χ1n) is 5.55. The van der Waals surface area contributed by atoms with Gasteiger partial charge in [0.2, 0.25) is 0 Å². The predicted octanol–water partition coefficient (Wildman–Crippen LogP) is 1.94. The van der Waals surface area contributed by atoms with Crippen LogP contribution in [0.4, 0.5) is 5.13 Å². The molecule has 88 valence electrons. The molecule has 1 aliphatic heterocycles. The van der Waals surface area contributed by atoms with Crippen molar-refractivity contribution in [3.05, 3.63) is 46.5 Å². The smallest absolute Gasteiger partial charge is 0.197 e. The molecule has 3 N–H and O–H groups in total. The third-order valence-corrected chi connectivity index (χ3v) is 3.88. The third kappa shape index (κ3) is 2.17. The molecule has 1 aliphatic rings. The van der Waals surface area contributed by atoms with Crippen molar-refractivity contribution in [2.24, 2.45) is 5.84 Å². The molecule has 5 heteroatoms. The summed E-state index contributed by atoms with van der Waals surface area (Å²) in [6.07, 6.45) is 1.89. The normalized spacial score (nSPS) is 14.9. The highest BCUT2D eigenvalue weighted by Gasteiger charge is 2.18. The van der Waals surface area contributed by atoms with E-state index in [4.69, 9.17) is 5.84 Å². The second-order valence-electron chi connectivity index (χ2n) is 4.19. The van der Waals surface area contributed by atoms with Gasteiger partial charge in [0, 0.05) is 30.7 Å². The Morgan fingerprint density at radius 2 is 2.00 bits per heavy atom. The Morgan fingerprint density at radius 1 is 1.29 bits per heavy atom. The van der Waals surface area contributed by atoms with Crippen molar-refractivity contribution in [2.75, 3.05) is 5.43 Å². The van der Waals surface area contributed by atoms with Gasteiger partial charge in [-0.2, -0.15) is 0 Å². The summed E-state index contributed by atoms with van der Waals surface area (Å²) < 4.78 is 0. The van der Waals surface area contributed by atoms with Crippen molar-refractivity contribution in [3.63, 3.8) is 0 Å². The molecular weight excluding hydrogens is 232 g/mol. The third-order valence-electron chi connectivity index (χ3n) is 2.96. The number of nitrogens with one attached hydrogen (secondary N) is 1. The van der Waals surface area contributed by atoms with E-state index < -0.39 is 0 Å². The molecule has 0 saturated heterocycles. The molecule has 1 aromatic carbocycles. The number of nitrogen functional groups attached to an aromatic ring is 1. The maximum Gasteiger partial charge on any atom is 0.197 e. The summed E-state index contributed by atoms with van der Waals surface area (Å²) in [6.45, 7) is 2.99. The lowest BCUT2D eigenvalue weighted by Gasteiger charge is -2.12. The molecule has 2 heterocycles. The second-order valence-corrected chi connectivity index (χ2v) is 5.31. The van der Waals surface area contributed by atoms with Gasteiger partial charge in [-0.05, 0) is 11.1 Å². The van der Waals surface area contributed by atoms with E-state index in [1.165, 1.54) is 16.0 Å². The van der Waals surface area contributed by atoms with Crippen LogP contribution in [0.5, 0.6) is 0 Å². The zero-order valence-corrected chi connectivity index (χ0v) is 10.2.